The molecule has 0 saturated carbocycles. The smallest absolute Gasteiger partial charge is 0.316 e. The Morgan fingerprint density at radius 3 is 2.49 bits per heavy atom. The SMILES string of the molecule is CC[C@]1(O)C[C@@H](O[C@@H]2C[C@H](N(C)C)[C@H](O)[C@H](C)O2)c2c(cc3c(c2O)C(=O)c2c(O)cccc2C3=O)[C@@H]1C(=O)OC. The first-order valence-electron chi connectivity index (χ1n) is 13.6. The van der Waals surface area contributed by atoms with Crippen molar-refractivity contribution in [3.8, 4) is 11.5 Å². The molecule has 11 nitrogen and oxygen atoms in total. The number of carbonyl (C=O) groups excluding carboxylic acids is 3. The van der Waals surface area contributed by atoms with Gasteiger partial charge in [0.2, 0.25) is 5.78 Å². The van der Waals surface area contributed by atoms with Crippen molar-refractivity contribution in [2.75, 3.05) is 21.2 Å². The number of hydrogen-bond donors (Lipinski definition) is 4. The molecule has 2 aromatic carbocycles. The summed E-state index contributed by atoms with van der Waals surface area (Å²) in [5.41, 5.74) is -2.27. The van der Waals surface area contributed by atoms with E-state index in [0.29, 0.717) is 0 Å². The van der Waals surface area contributed by atoms with Crippen molar-refractivity contribution in [2.45, 2.75) is 75.3 Å². The highest BCUT2D eigenvalue weighted by Gasteiger charge is 2.53. The van der Waals surface area contributed by atoms with Crippen LogP contribution in [0.25, 0.3) is 0 Å². The summed E-state index contributed by atoms with van der Waals surface area (Å²) in [6.45, 7) is 3.41. The Labute approximate surface area is 237 Å². The standard InChI is InChI=1S/C30H35NO10/c1-6-30(38)12-19(41-20-11-17(31(3)4)25(33)13(2)40-20)22-15(24(30)29(37)39-5)10-16-23(28(22)36)27(35)21-14(26(16)34)8-7-9-18(21)32/h7-10,13,17,19-20,24-25,32-33,36,38H,6,11-12H2,1-5H3/t13-,17-,19+,20+,24+,25+,30-/m0/s1. The molecule has 2 aliphatic carbocycles. The predicted octanol–water partition coefficient (Wildman–Crippen LogP) is 2.16. The Kier molecular flexibility index (Phi) is 7.46. The fourth-order valence-corrected chi connectivity index (χ4v) is 6.50. The number of likely N-dealkylation sites (N-methyl/N-ethyl adjacent to an activating group) is 1. The van der Waals surface area contributed by atoms with E-state index in [4.69, 9.17) is 14.2 Å². The molecule has 1 fully saturated rings. The lowest BCUT2D eigenvalue weighted by Crippen LogP contribution is -2.54. The molecule has 0 spiro atoms. The Morgan fingerprint density at radius 1 is 1.15 bits per heavy atom. The number of benzene rings is 2. The van der Waals surface area contributed by atoms with Gasteiger partial charge in [-0.3, -0.25) is 14.4 Å². The third-order valence-electron chi connectivity index (χ3n) is 8.77. The van der Waals surface area contributed by atoms with E-state index in [-0.39, 0.29) is 58.7 Å². The number of ether oxygens (including phenoxy) is 3. The second kappa shape index (κ2) is 10.5. The number of rotatable bonds is 5. The van der Waals surface area contributed by atoms with Crippen molar-refractivity contribution in [3.63, 3.8) is 0 Å². The molecule has 7 atom stereocenters. The lowest BCUT2D eigenvalue weighted by molar-refractivity contribution is -0.258. The van der Waals surface area contributed by atoms with Crippen molar-refractivity contribution in [3.05, 3.63) is 57.6 Å². The monoisotopic (exact) mass is 569 g/mol. The third-order valence-corrected chi connectivity index (χ3v) is 8.77. The van der Waals surface area contributed by atoms with Crippen LogP contribution in [-0.2, 0) is 19.0 Å². The van der Waals surface area contributed by atoms with Crippen LogP contribution in [-0.4, -0.2) is 94.2 Å². The van der Waals surface area contributed by atoms with Crippen molar-refractivity contribution >= 4 is 17.5 Å². The predicted molar refractivity (Wildman–Crippen MR) is 144 cm³/mol. The van der Waals surface area contributed by atoms with Crippen molar-refractivity contribution in [1.82, 2.24) is 4.90 Å². The highest BCUT2D eigenvalue weighted by atomic mass is 16.7. The van der Waals surface area contributed by atoms with Gasteiger partial charge in [-0.1, -0.05) is 19.1 Å². The average Bonchev–Trinajstić information content (AvgIpc) is 2.92. The van der Waals surface area contributed by atoms with Gasteiger partial charge in [0.05, 0.1) is 42.1 Å². The minimum absolute atomic E-state index is 0.0382. The number of carbonyl (C=O) groups is 3. The van der Waals surface area contributed by atoms with Gasteiger partial charge in [-0.15, -0.1) is 0 Å². The summed E-state index contributed by atoms with van der Waals surface area (Å²) in [5.74, 6) is -4.42. The fraction of sp³-hybridized carbons (Fsp3) is 0.500. The van der Waals surface area contributed by atoms with Crippen LogP contribution in [0.5, 0.6) is 11.5 Å². The lowest BCUT2D eigenvalue weighted by Gasteiger charge is -2.46. The first-order valence-corrected chi connectivity index (χ1v) is 13.6. The molecular weight excluding hydrogens is 534 g/mol. The second-order valence-electron chi connectivity index (χ2n) is 11.3. The first-order chi connectivity index (χ1) is 19.3. The molecule has 1 aliphatic heterocycles. The molecule has 0 radical (unpaired) electrons. The summed E-state index contributed by atoms with van der Waals surface area (Å²) in [6.07, 6.45) is -3.09. The van der Waals surface area contributed by atoms with E-state index in [2.05, 4.69) is 0 Å². The number of hydrogen-bond acceptors (Lipinski definition) is 11. The van der Waals surface area contributed by atoms with Crippen LogP contribution in [0.15, 0.2) is 24.3 Å². The van der Waals surface area contributed by atoms with Crippen LogP contribution in [0.1, 0.15) is 88.1 Å². The number of aromatic hydroxyl groups is 2. The van der Waals surface area contributed by atoms with E-state index in [9.17, 15) is 34.8 Å². The molecule has 4 N–H and O–H groups in total. The highest BCUT2D eigenvalue weighted by Crippen LogP contribution is 2.54. The number of ketones is 2. The Balaban J connectivity index is 1.69. The van der Waals surface area contributed by atoms with Gasteiger partial charge in [0, 0.05) is 35.6 Å². The summed E-state index contributed by atoms with van der Waals surface area (Å²) >= 11 is 0. The quantitative estimate of drug-likeness (QED) is 0.333. The minimum Gasteiger partial charge on any atom is -0.507 e. The van der Waals surface area contributed by atoms with Crippen molar-refractivity contribution in [1.29, 1.82) is 0 Å². The summed E-state index contributed by atoms with van der Waals surface area (Å²) in [4.78, 5) is 42.1. The van der Waals surface area contributed by atoms with E-state index in [1.54, 1.807) is 13.8 Å². The normalized spacial score (nSPS) is 30.9. The van der Waals surface area contributed by atoms with Gasteiger partial charge >= 0.3 is 5.97 Å². The topological polar surface area (TPSA) is 163 Å². The zero-order valence-corrected chi connectivity index (χ0v) is 23.6. The van der Waals surface area contributed by atoms with E-state index in [1.807, 2.05) is 19.0 Å². The summed E-state index contributed by atoms with van der Waals surface area (Å²) in [7, 11) is 4.82. The summed E-state index contributed by atoms with van der Waals surface area (Å²) in [6, 6.07) is 5.14. The molecule has 0 bridgehead atoms. The number of phenols is 2. The third kappa shape index (κ3) is 4.52. The molecule has 41 heavy (non-hydrogen) atoms. The van der Waals surface area contributed by atoms with Crippen molar-refractivity contribution < 1.29 is 49.0 Å². The zero-order chi connectivity index (χ0) is 30.0. The molecular formula is C30H35NO10. The lowest BCUT2D eigenvalue weighted by atomic mass is 9.67. The number of aliphatic hydroxyl groups excluding tert-OH is 1. The number of aliphatic hydroxyl groups is 2. The molecule has 0 unspecified atom stereocenters. The number of methoxy groups -OCH3 is 1. The fourth-order valence-electron chi connectivity index (χ4n) is 6.50. The number of phenolic OH excluding ortho intramolecular Hbond substituents is 2. The zero-order valence-electron chi connectivity index (χ0n) is 23.6. The maximum atomic E-state index is 13.6. The van der Waals surface area contributed by atoms with Crippen LogP contribution in [0.4, 0.5) is 0 Å². The molecule has 11 heteroatoms. The molecule has 1 heterocycles. The van der Waals surface area contributed by atoms with Crippen LogP contribution < -0.4 is 0 Å². The molecule has 220 valence electrons. The van der Waals surface area contributed by atoms with Gasteiger partial charge in [0.1, 0.15) is 17.4 Å². The highest BCUT2D eigenvalue weighted by molar-refractivity contribution is 6.30. The number of fused-ring (bicyclic) bond motifs is 3. The van der Waals surface area contributed by atoms with Crippen molar-refractivity contribution in [2.24, 2.45) is 0 Å². The Bertz CT molecular complexity index is 1420. The first kappa shape index (κ1) is 29.2. The van der Waals surface area contributed by atoms with Gasteiger partial charge in [-0.25, -0.2) is 0 Å². The van der Waals surface area contributed by atoms with Gasteiger partial charge < -0.3 is 39.5 Å². The molecule has 0 aromatic heterocycles. The number of nitrogens with zero attached hydrogens (tertiary/aromatic N) is 1. The number of esters is 1. The molecule has 1 saturated heterocycles. The van der Waals surface area contributed by atoms with Crippen LogP contribution in [0.3, 0.4) is 0 Å². The average molecular weight is 570 g/mol. The second-order valence-corrected chi connectivity index (χ2v) is 11.3. The largest absolute Gasteiger partial charge is 0.507 e. The Morgan fingerprint density at radius 2 is 1.85 bits per heavy atom. The van der Waals surface area contributed by atoms with Gasteiger partial charge in [0.25, 0.3) is 0 Å². The molecule has 5 rings (SSSR count). The van der Waals surface area contributed by atoms with E-state index < -0.39 is 65.2 Å². The van der Waals surface area contributed by atoms with Gasteiger partial charge in [0.15, 0.2) is 12.1 Å². The molecule has 0 amide bonds. The minimum atomic E-state index is -1.69. The van der Waals surface area contributed by atoms with E-state index >= 15 is 0 Å². The molecule has 2 aromatic rings. The van der Waals surface area contributed by atoms with Gasteiger partial charge in [-0.05, 0) is 45.1 Å². The van der Waals surface area contributed by atoms with Crippen LogP contribution in [0.2, 0.25) is 0 Å². The Hall–Kier alpha value is -3.35. The molecule has 3 aliphatic rings. The van der Waals surface area contributed by atoms with Crippen LogP contribution in [0, 0.1) is 0 Å². The van der Waals surface area contributed by atoms with Crippen LogP contribution >= 0.6 is 0 Å². The summed E-state index contributed by atoms with van der Waals surface area (Å²) < 4.78 is 17.3. The van der Waals surface area contributed by atoms with Gasteiger partial charge in [-0.2, -0.15) is 0 Å². The maximum absolute atomic E-state index is 13.6. The summed E-state index contributed by atoms with van der Waals surface area (Å²) in [5, 5.41) is 44.5. The van der Waals surface area contributed by atoms with E-state index in [1.165, 1.54) is 31.4 Å². The maximum Gasteiger partial charge on any atom is 0.316 e. The van der Waals surface area contributed by atoms with E-state index in [0.717, 1.165) is 0 Å².